The van der Waals surface area contributed by atoms with E-state index in [-0.39, 0.29) is 23.9 Å². The predicted octanol–water partition coefficient (Wildman–Crippen LogP) is 2.14. The number of rotatable bonds is 4. The van der Waals surface area contributed by atoms with Gasteiger partial charge in [0.2, 0.25) is 11.8 Å². The van der Waals surface area contributed by atoms with Gasteiger partial charge in [0.05, 0.1) is 6.04 Å². The van der Waals surface area contributed by atoms with Gasteiger partial charge in [-0.3, -0.25) is 9.59 Å². The number of nitrogens with zero attached hydrogens (tertiary/aromatic N) is 1. The van der Waals surface area contributed by atoms with Gasteiger partial charge in [0, 0.05) is 30.9 Å². The minimum atomic E-state index is -0.122. The molecule has 2 N–H and O–H groups in total. The van der Waals surface area contributed by atoms with E-state index in [1.54, 1.807) is 4.90 Å². The Balaban J connectivity index is 2.16. The number of hydrogen-bond donors (Lipinski definition) is 2. The summed E-state index contributed by atoms with van der Waals surface area (Å²) >= 11 is 0. The van der Waals surface area contributed by atoms with Crippen LogP contribution in [0.25, 0.3) is 0 Å². The maximum absolute atomic E-state index is 12.6. The first-order valence-electron chi connectivity index (χ1n) is 7.42. The van der Waals surface area contributed by atoms with E-state index >= 15 is 0 Å². The molecule has 2 rings (SSSR count). The fourth-order valence-corrected chi connectivity index (χ4v) is 2.64. The lowest BCUT2D eigenvalue weighted by Crippen LogP contribution is -2.52. The molecule has 1 atom stereocenters. The van der Waals surface area contributed by atoms with Gasteiger partial charge in [-0.25, -0.2) is 0 Å². The number of anilines is 2. The van der Waals surface area contributed by atoms with Gasteiger partial charge < -0.3 is 15.5 Å². The highest BCUT2D eigenvalue weighted by Crippen LogP contribution is 2.24. The largest absolute Gasteiger partial charge is 0.326 e. The topological polar surface area (TPSA) is 61.4 Å². The second kappa shape index (κ2) is 6.72. The van der Waals surface area contributed by atoms with Gasteiger partial charge in [-0.1, -0.05) is 19.9 Å². The second-order valence-corrected chi connectivity index (χ2v) is 5.74. The zero-order chi connectivity index (χ0) is 15.4. The SMILES string of the molecule is CC(=O)Nc1cccc(N2CCCC(NC(C)C)C2=O)c1. The summed E-state index contributed by atoms with van der Waals surface area (Å²) in [5.74, 6) is -0.00797. The minimum Gasteiger partial charge on any atom is -0.326 e. The fourth-order valence-electron chi connectivity index (χ4n) is 2.64. The van der Waals surface area contributed by atoms with Crippen molar-refractivity contribution in [2.75, 3.05) is 16.8 Å². The van der Waals surface area contributed by atoms with E-state index in [4.69, 9.17) is 0 Å². The van der Waals surface area contributed by atoms with E-state index in [2.05, 4.69) is 10.6 Å². The molecule has 0 saturated carbocycles. The van der Waals surface area contributed by atoms with Gasteiger partial charge in [-0.05, 0) is 31.0 Å². The van der Waals surface area contributed by atoms with E-state index in [1.807, 2.05) is 38.1 Å². The van der Waals surface area contributed by atoms with Crippen LogP contribution in [-0.2, 0) is 9.59 Å². The Labute approximate surface area is 125 Å². The first-order valence-corrected chi connectivity index (χ1v) is 7.42. The van der Waals surface area contributed by atoms with Gasteiger partial charge >= 0.3 is 0 Å². The highest BCUT2D eigenvalue weighted by Gasteiger charge is 2.29. The standard InChI is InChI=1S/C16H23N3O2/c1-11(2)17-15-8-5-9-19(16(15)21)14-7-4-6-13(10-14)18-12(3)20/h4,6-7,10-11,15,17H,5,8-9H2,1-3H3,(H,18,20). The van der Waals surface area contributed by atoms with Crippen LogP contribution in [0.1, 0.15) is 33.6 Å². The highest BCUT2D eigenvalue weighted by molar-refractivity contribution is 5.99. The average Bonchev–Trinajstić information content (AvgIpc) is 2.40. The summed E-state index contributed by atoms with van der Waals surface area (Å²) in [4.78, 5) is 25.5. The maximum Gasteiger partial charge on any atom is 0.244 e. The third-order valence-electron chi connectivity index (χ3n) is 3.45. The summed E-state index contributed by atoms with van der Waals surface area (Å²) in [5, 5.41) is 6.07. The first kappa shape index (κ1) is 15.5. The van der Waals surface area contributed by atoms with Crippen molar-refractivity contribution in [2.45, 2.75) is 45.7 Å². The number of carbonyl (C=O) groups excluding carboxylic acids is 2. The molecule has 1 fully saturated rings. The summed E-state index contributed by atoms with van der Waals surface area (Å²) < 4.78 is 0. The van der Waals surface area contributed by atoms with Crippen LogP contribution >= 0.6 is 0 Å². The molecule has 2 amide bonds. The average molecular weight is 289 g/mol. The minimum absolute atomic E-state index is 0.106. The molecule has 1 aromatic rings. The van der Waals surface area contributed by atoms with Gasteiger partial charge in [0.1, 0.15) is 0 Å². The van der Waals surface area contributed by atoms with E-state index in [0.717, 1.165) is 25.1 Å². The van der Waals surface area contributed by atoms with Crippen molar-refractivity contribution in [3.05, 3.63) is 24.3 Å². The van der Waals surface area contributed by atoms with Crippen molar-refractivity contribution in [3.63, 3.8) is 0 Å². The molecule has 5 heteroatoms. The molecule has 1 heterocycles. The monoisotopic (exact) mass is 289 g/mol. The third-order valence-corrected chi connectivity index (χ3v) is 3.45. The number of amides is 2. The van der Waals surface area contributed by atoms with Crippen LogP contribution < -0.4 is 15.5 Å². The van der Waals surface area contributed by atoms with Crippen molar-refractivity contribution < 1.29 is 9.59 Å². The van der Waals surface area contributed by atoms with Gasteiger partial charge in [-0.15, -0.1) is 0 Å². The maximum atomic E-state index is 12.6. The van der Waals surface area contributed by atoms with Crippen molar-refractivity contribution in [3.8, 4) is 0 Å². The molecule has 1 aliphatic heterocycles. The second-order valence-electron chi connectivity index (χ2n) is 5.74. The first-order chi connectivity index (χ1) is 9.97. The number of benzene rings is 1. The molecule has 0 bridgehead atoms. The van der Waals surface area contributed by atoms with Crippen molar-refractivity contribution in [1.29, 1.82) is 0 Å². The van der Waals surface area contributed by atoms with Gasteiger partial charge in [0.15, 0.2) is 0 Å². The number of carbonyl (C=O) groups is 2. The molecule has 1 unspecified atom stereocenters. The summed E-state index contributed by atoms with van der Waals surface area (Å²) in [6.45, 7) is 6.28. The van der Waals surface area contributed by atoms with Crippen LogP contribution in [0.3, 0.4) is 0 Å². The molecule has 114 valence electrons. The normalized spacial score (nSPS) is 19.0. The van der Waals surface area contributed by atoms with Crippen molar-refractivity contribution in [2.24, 2.45) is 0 Å². The molecule has 1 saturated heterocycles. The molecule has 5 nitrogen and oxygen atoms in total. The predicted molar refractivity (Wildman–Crippen MR) is 84.4 cm³/mol. The lowest BCUT2D eigenvalue weighted by Gasteiger charge is -2.33. The zero-order valence-corrected chi connectivity index (χ0v) is 12.8. The summed E-state index contributed by atoms with van der Waals surface area (Å²) in [6, 6.07) is 7.59. The van der Waals surface area contributed by atoms with Gasteiger partial charge in [-0.2, -0.15) is 0 Å². The number of hydrogen-bond acceptors (Lipinski definition) is 3. The molecular weight excluding hydrogens is 266 g/mol. The van der Waals surface area contributed by atoms with Crippen LogP contribution in [0.2, 0.25) is 0 Å². The smallest absolute Gasteiger partial charge is 0.244 e. The Morgan fingerprint density at radius 2 is 2.14 bits per heavy atom. The molecule has 0 aromatic heterocycles. The molecule has 21 heavy (non-hydrogen) atoms. The lowest BCUT2D eigenvalue weighted by atomic mass is 10.0. The number of nitrogens with one attached hydrogen (secondary N) is 2. The summed E-state index contributed by atoms with van der Waals surface area (Å²) in [5.41, 5.74) is 1.55. The molecular formula is C16H23N3O2. The summed E-state index contributed by atoms with van der Waals surface area (Å²) in [6.07, 6.45) is 1.85. The Morgan fingerprint density at radius 1 is 1.38 bits per heavy atom. The van der Waals surface area contributed by atoms with Crippen LogP contribution in [0.5, 0.6) is 0 Å². The molecule has 0 radical (unpaired) electrons. The van der Waals surface area contributed by atoms with E-state index in [9.17, 15) is 9.59 Å². The third kappa shape index (κ3) is 4.04. The van der Waals surface area contributed by atoms with E-state index in [1.165, 1.54) is 6.92 Å². The highest BCUT2D eigenvalue weighted by atomic mass is 16.2. The number of piperidine rings is 1. The molecule has 0 aliphatic carbocycles. The Hall–Kier alpha value is -1.88. The molecule has 0 spiro atoms. The zero-order valence-electron chi connectivity index (χ0n) is 12.8. The van der Waals surface area contributed by atoms with Crippen LogP contribution in [0, 0.1) is 0 Å². The molecule has 1 aromatic carbocycles. The fraction of sp³-hybridized carbons (Fsp3) is 0.500. The Bertz CT molecular complexity index is 528. The van der Waals surface area contributed by atoms with Crippen LogP contribution in [-0.4, -0.2) is 30.4 Å². The Morgan fingerprint density at radius 3 is 2.81 bits per heavy atom. The lowest BCUT2D eigenvalue weighted by molar-refractivity contribution is -0.122. The van der Waals surface area contributed by atoms with Crippen LogP contribution in [0.15, 0.2) is 24.3 Å². The Kier molecular flexibility index (Phi) is 4.96. The van der Waals surface area contributed by atoms with Crippen molar-refractivity contribution >= 4 is 23.2 Å². The van der Waals surface area contributed by atoms with Crippen LogP contribution in [0.4, 0.5) is 11.4 Å². The quantitative estimate of drug-likeness (QED) is 0.892. The van der Waals surface area contributed by atoms with E-state index < -0.39 is 0 Å². The van der Waals surface area contributed by atoms with E-state index in [0.29, 0.717) is 5.69 Å². The van der Waals surface area contributed by atoms with Crippen molar-refractivity contribution in [1.82, 2.24) is 5.32 Å². The summed E-state index contributed by atoms with van der Waals surface area (Å²) in [7, 11) is 0. The van der Waals surface area contributed by atoms with Gasteiger partial charge in [0.25, 0.3) is 0 Å². The molecule has 1 aliphatic rings.